The van der Waals surface area contributed by atoms with Gasteiger partial charge in [0.1, 0.15) is 0 Å². The molecule has 0 heterocycles. The Balaban J connectivity index is 0. The van der Waals surface area contributed by atoms with Crippen LogP contribution in [0.25, 0.3) is 0 Å². The summed E-state index contributed by atoms with van der Waals surface area (Å²) >= 11 is 1.37. The first-order valence-corrected chi connectivity index (χ1v) is 3.68. The number of halogens is 1. The zero-order chi connectivity index (χ0) is 4.28. The molecule has 0 aromatic heterocycles. The topological polar surface area (TPSA) is 0 Å². The molecule has 0 bridgehead atoms. The van der Waals surface area contributed by atoms with E-state index < -0.39 is 0 Å². The summed E-state index contributed by atoms with van der Waals surface area (Å²) in [5.41, 5.74) is 0. The molecule has 2 heteroatoms. The Morgan fingerprint density at radius 2 is 1.67 bits per heavy atom. The first-order chi connectivity index (χ1) is 2.27. The first kappa shape index (κ1) is 9.95. The standard InChI is InChI=1S/C4H9.Al.ClH.2H/c1-4(2)3;;;;/h4H,1H2,2-3H3;;1H;;. The summed E-state index contributed by atoms with van der Waals surface area (Å²) in [5.74, 6) is 0.946. The van der Waals surface area contributed by atoms with Gasteiger partial charge in [-0.15, -0.1) is 12.4 Å². The van der Waals surface area contributed by atoms with Gasteiger partial charge < -0.3 is 0 Å². The molecular formula is C4H12AlCl. The summed E-state index contributed by atoms with van der Waals surface area (Å²) in [6.45, 7) is 4.51. The molecule has 0 aliphatic heterocycles. The van der Waals surface area contributed by atoms with E-state index in [0.29, 0.717) is 0 Å². The SMILES string of the molecule is CC(C)[CH2][AlH2].Cl. The fraction of sp³-hybridized carbons (Fsp3) is 1.00. The van der Waals surface area contributed by atoms with Crippen molar-refractivity contribution in [3.05, 3.63) is 0 Å². The fourth-order valence-electron chi connectivity index (χ4n) is 0. The van der Waals surface area contributed by atoms with Crippen molar-refractivity contribution in [1.29, 1.82) is 0 Å². The van der Waals surface area contributed by atoms with Gasteiger partial charge in [0.05, 0.1) is 0 Å². The Morgan fingerprint density at radius 3 is 1.67 bits per heavy atom. The van der Waals surface area contributed by atoms with Gasteiger partial charge in [-0.25, -0.2) is 0 Å². The Hall–Kier alpha value is 0.822. The van der Waals surface area contributed by atoms with Gasteiger partial charge in [-0.3, -0.25) is 0 Å². The summed E-state index contributed by atoms with van der Waals surface area (Å²) < 4.78 is 0. The van der Waals surface area contributed by atoms with Crippen molar-refractivity contribution >= 4 is 28.7 Å². The minimum Gasteiger partial charge on any atom is -0.147 e. The van der Waals surface area contributed by atoms with Gasteiger partial charge in [0.15, 0.2) is 0 Å². The van der Waals surface area contributed by atoms with Gasteiger partial charge in [0, 0.05) is 0 Å². The van der Waals surface area contributed by atoms with Crippen LogP contribution in [0.15, 0.2) is 0 Å². The van der Waals surface area contributed by atoms with Crippen LogP contribution >= 0.6 is 12.4 Å². The molecule has 0 fully saturated rings. The maximum Gasteiger partial charge on any atom is 0.212 e. The average molecular weight is 123 g/mol. The third-order valence-electron chi connectivity index (χ3n) is 0.816. The van der Waals surface area contributed by atoms with Crippen LogP contribution < -0.4 is 0 Å². The summed E-state index contributed by atoms with van der Waals surface area (Å²) in [4.78, 5) is 0. The van der Waals surface area contributed by atoms with Crippen molar-refractivity contribution in [2.75, 3.05) is 0 Å². The van der Waals surface area contributed by atoms with Crippen LogP contribution in [0, 0.1) is 5.92 Å². The van der Waals surface area contributed by atoms with E-state index in [1.54, 1.807) is 0 Å². The third kappa shape index (κ3) is 8.85. The normalized spacial score (nSPS) is 7.83. The van der Waals surface area contributed by atoms with Crippen LogP contribution in [0.3, 0.4) is 0 Å². The molecule has 0 atom stereocenters. The van der Waals surface area contributed by atoms with Crippen molar-refractivity contribution in [2.45, 2.75) is 19.1 Å². The number of hydrogen-bond acceptors (Lipinski definition) is 0. The first-order valence-electron chi connectivity index (χ1n) is 2.27. The van der Waals surface area contributed by atoms with Gasteiger partial charge in [0.2, 0.25) is 16.3 Å². The Bertz CT molecular complexity index is 21.5. The van der Waals surface area contributed by atoms with Gasteiger partial charge in [0.25, 0.3) is 0 Å². The molecule has 0 spiro atoms. The van der Waals surface area contributed by atoms with Gasteiger partial charge in [-0.05, 0) is 0 Å². The minimum atomic E-state index is 0. The number of hydrogen-bond donors (Lipinski definition) is 0. The highest BCUT2D eigenvalue weighted by Gasteiger charge is 1.80. The van der Waals surface area contributed by atoms with Crippen LogP contribution in [0.1, 0.15) is 13.8 Å². The molecule has 0 saturated heterocycles. The molecule has 0 N–H and O–H groups in total. The molecule has 0 amide bonds. The van der Waals surface area contributed by atoms with Crippen LogP contribution in [0.5, 0.6) is 0 Å². The maximum atomic E-state index is 2.26. The van der Waals surface area contributed by atoms with Crippen LogP contribution in [-0.4, -0.2) is 16.3 Å². The fourth-order valence-corrected chi connectivity index (χ4v) is 0. The van der Waals surface area contributed by atoms with Gasteiger partial charge >= 0.3 is 0 Å². The quantitative estimate of drug-likeness (QED) is 0.457. The molecule has 0 nitrogen and oxygen atoms in total. The van der Waals surface area contributed by atoms with E-state index in [1.165, 1.54) is 21.6 Å². The van der Waals surface area contributed by atoms with E-state index in [-0.39, 0.29) is 12.4 Å². The Morgan fingerprint density at radius 1 is 1.50 bits per heavy atom. The molecular weight excluding hydrogens is 110 g/mol. The van der Waals surface area contributed by atoms with E-state index in [0.717, 1.165) is 5.92 Å². The van der Waals surface area contributed by atoms with Crippen molar-refractivity contribution in [1.82, 2.24) is 0 Å². The second kappa shape index (κ2) is 5.82. The second-order valence-electron chi connectivity index (χ2n) is 1.80. The molecule has 6 heavy (non-hydrogen) atoms. The van der Waals surface area contributed by atoms with Crippen molar-refractivity contribution < 1.29 is 0 Å². The maximum absolute atomic E-state index is 2.26. The molecule has 0 unspecified atom stereocenters. The monoisotopic (exact) mass is 122 g/mol. The van der Waals surface area contributed by atoms with Crippen LogP contribution in [0.4, 0.5) is 0 Å². The summed E-state index contributed by atoms with van der Waals surface area (Å²) in [7, 11) is 0. The van der Waals surface area contributed by atoms with E-state index >= 15 is 0 Å². The highest BCUT2D eigenvalue weighted by Crippen LogP contribution is 1.92. The predicted octanol–water partition coefficient (Wildman–Crippen LogP) is 1.12. The number of rotatable bonds is 1. The lowest BCUT2D eigenvalue weighted by Crippen LogP contribution is -1.80. The molecule has 0 aromatic rings. The molecule has 0 aliphatic rings. The van der Waals surface area contributed by atoms with E-state index in [1.807, 2.05) is 0 Å². The largest absolute Gasteiger partial charge is 0.212 e. The van der Waals surface area contributed by atoms with E-state index in [4.69, 9.17) is 0 Å². The highest BCUT2D eigenvalue weighted by molar-refractivity contribution is 6.08. The summed E-state index contributed by atoms with van der Waals surface area (Å²) in [6, 6.07) is 0. The van der Waals surface area contributed by atoms with Crippen LogP contribution in [0.2, 0.25) is 5.28 Å². The lowest BCUT2D eigenvalue weighted by molar-refractivity contribution is 0.735. The zero-order valence-electron chi connectivity index (χ0n) is 4.69. The van der Waals surface area contributed by atoms with Crippen LogP contribution in [-0.2, 0) is 0 Å². The minimum absolute atomic E-state index is 0. The summed E-state index contributed by atoms with van der Waals surface area (Å²) in [6.07, 6.45) is 0. The molecule has 0 saturated carbocycles. The molecule has 38 valence electrons. The highest BCUT2D eigenvalue weighted by atomic mass is 35.5. The van der Waals surface area contributed by atoms with Gasteiger partial charge in [-0.1, -0.05) is 25.0 Å². The van der Waals surface area contributed by atoms with Crippen molar-refractivity contribution in [3.8, 4) is 0 Å². The zero-order valence-corrected chi connectivity index (χ0v) is 7.51. The van der Waals surface area contributed by atoms with Gasteiger partial charge in [-0.2, -0.15) is 0 Å². The Kier molecular flexibility index (Phi) is 9.65. The lowest BCUT2D eigenvalue weighted by Gasteiger charge is -1.90. The predicted molar refractivity (Wildman–Crippen MR) is 35.4 cm³/mol. The summed E-state index contributed by atoms with van der Waals surface area (Å²) in [5, 5.41) is 1.44. The van der Waals surface area contributed by atoms with Crippen molar-refractivity contribution in [2.24, 2.45) is 5.92 Å². The van der Waals surface area contributed by atoms with E-state index in [9.17, 15) is 0 Å². The third-order valence-corrected chi connectivity index (χ3v) is 2.45. The molecule has 0 rings (SSSR count). The van der Waals surface area contributed by atoms with Crippen molar-refractivity contribution in [3.63, 3.8) is 0 Å². The Labute approximate surface area is 54.1 Å². The lowest BCUT2D eigenvalue weighted by atomic mass is 10.3. The second-order valence-corrected chi connectivity index (χ2v) is 2.62. The molecule has 0 radical (unpaired) electrons. The smallest absolute Gasteiger partial charge is 0.147 e. The molecule has 0 aromatic carbocycles. The molecule has 0 aliphatic carbocycles. The van der Waals surface area contributed by atoms with E-state index in [2.05, 4.69) is 13.8 Å². The average Bonchev–Trinajstić information content (AvgIpc) is 1.38.